The molecule has 98 valence electrons. The van der Waals surface area contributed by atoms with E-state index in [1.165, 1.54) is 0 Å². The molecule has 2 aromatic carbocycles. The average Bonchev–Trinajstić information content (AvgIpc) is 2.48. The second-order valence-corrected chi connectivity index (χ2v) is 4.33. The summed E-state index contributed by atoms with van der Waals surface area (Å²) in [6, 6.07) is 17.9. The molecular formula is C16H16O3. The van der Waals surface area contributed by atoms with Gasteiger partial charge in [0.2, 0.25) is 0 Å². The van der Waals surface area contributed by atoms with Crippen LogP contribution >= 0.6 is 0 Å². The standard InChI is InChI=1S/C16H16O3/c1-12(15(17)13-8-4-2-5-9-13)19-16(18)14-10-6-3-7-11-14/h2-12,15,17H,1H3/t12-,15+/m0/s1. The zero-order valence-electron chi connectivity index (χ0n) is 10.7. The Morgan fingerprint density at radius 3 is 2.11 bits per heavy atom. The third kappa shape index (κ3) is 3.42. The summed E-state index contributed by atoms with van der Waals surface area (Å²) in [5, 5.41) is 10.1. The van der Waals surface area contributed by atoms with Crippen molar-refractivity contribution < 1.29 is 14.6 Å². The molecule has 0 saturated carbocycles. The Morgan fingerprint density at radius 1 is 1.00 bits per heavy atom. The molecule has 0 aliphatic heterocycles. The molecule has 0 heterocycles. The molecule has 19 heavy (non-hydrogen) atoms. The van der Waals surface area contributed by atoms with Crippen LogP contribution in [0.25, 0.3) is 0 Å². The predicted molar refractivity (Wildman–Crippen MR) is 72.7 cm³/mol. The fourth-order valence-corrected chi connectivity index (χ4v) is 1.80. The van der Waals surface area contributed by atoms with Crippen LogP contribution in [-0.2, 0) is 4.74 Å². The normalized spacial score (nSPS) is 13.6. The van der Waals surface area contributed by atoms with Crippen LogP contribution in [0.15, 0.2) is 60.7 Å². The lowest BCUT2D eigenvalue weighted by Gasteiger charge is -2.19. The number of aliphatic hydroxyl groups excluding tert-OH is 1. The van der Waals surface area contributed by atoms with E-state index in [4.69, 9.17) is 4.74 Å². The molecule has 2 rings (SSSR count). The highest BCUT2D eigenvalue weighted by Crippen LogP contribution is 2.19. The lowest BCUT2D eigenvalue weighted by atomic mass is 10.1. The molecule has 0 saturated heterocycles. The number of hydrogen-bond donors (Lipinski definition) is 1. The maximum absolute atomic E-state index is 11.9. The molecule has 0 unspecified atom stereocenters. The molecule has 0 aliphatic rings. The maximum atomic E-state index is 11.9. The van der Waals surface area contributed by atoms with Gasteiger partial charge in [-0.15, -0.1) is 0 Å². The van der Waals surface area contributed by atoms with Crippen molar-refractivity contribution >= 4 is 5.97 Å². The second-order valence-electron chi connectivity index (χ2n) is 4.33. The van der Waals surface area contributed by atoms with E-state index in [1.807, 2.05) is 24.3 Å². The number of carbonyl (C=O) groups excluding carboxylic acids is 1. The van der Waals surface area contributed by atoms with Crippen molar-refractivity contribution in [3.63, 3.8) is 0 Å². The predicted octanol–water partition coefficient (Wildman–Crippen LogP) is 2.97. The number of ether oxygens (including phenoxy) is 1. The van der Waals surface area contributed by atoms with Gasteiger partial charge in [0.1, 0.15) is 12.2 Å². The van der Waals surface area contributed by atoms with E-state index < -0.39 is 18.2 Å². The summed E-state index contributed by atoms with van der Waals surface area (Å²) < 4.78 is 5.26. The van der Waals surface area contributed by atoms with Gasteiger partial charge < -0.3 is 9.84 Å². The molecule has 3 nitrogen and oxygen atoms in total. The summed E-state index contributed by atoms with van der Waals surface area (Å²) in [6.07, 6.45) is -1.43. The summed E-state index contributed by atoms with van der Waals surface area (Å²) in [5.74, 6) is -0.428. The highest BCUT2D eigenvalue weighted by atomic mass is 16.6. The summed E-state index contributed by atoms with van der Waals surface area (Å²) in [5.41, 5.74) is 1.21. The van der Waals surface area contributed by atoms with Gasteiger partial charge in [-0.1, -0.05) is 48.5 Å². The van der Waals surface area contributed by atoms with Crippen LogP contribution < -0.4 is 0 Å². The monoisotopic (exact) mass is 256 g/mol. The van der Waals surface area contributed by atoms with Crippen molar-refractivity contribution in [2.45, 2.75) is 19.1 Å². The summed E-state index contributed by atoms with van der Waals surface area (Å²) in [6.45, 7) is 1.68. The minimum absolute atomic E-state index is 0.428. The maximum Gasteiger partial charge on any atom is 0.338 e. The van der Waals surface area contributed by atoms with E-state index in [2.05, 4.69) is 0 Å². The van der Waals surface area contributed by atoms with E-state index in [-0.39, 0.29) is 0 Å². The van der Waals surface area contributed by atoms with E-state index >= 15 is 0 Å². The van der Waals surface area contributed by atoms with Gasteiger partial charge >= 0.3 is 5.97 Å². The average molecular weight is 256 g/mol. The third-order valence-corrected chi connectivity index (χ3v) is 2.89. The van der Waals surface area contributed by atoms with Gasteiger partial charge in [-0.2, -0.15) is 0 Å². The summed E-state index contributed by atoms with van der Waals surface area (Å²) >= 11 is 0. The number of rotatable bonds is 4. The Labute approximate surface area is 112 Å². The van der Waals surface area contributed by atoms with Gasteiger partial charge in [0.25, 0.3) is 0 Å². The first-order valence-corrected chi connectivity index (χ1v) is 6.17. The fraction of sp³-hybridized carbons (Fsp3) is 0.188. The molecule has 3 heteroatoms. The Kier molecular flexibility index (Phi) is 4.31. The first kappa shape index (κ1) is 13.3. The molecule has 0 spiro atoms. The van der Waals surface area contributed by atoms with Crippen molar-refractivity contribution in [3.05, 3.63) is 71.8 Å². The molecule has 0 aromatic heterocycles. The van der Waals surface area contributed by atoms with Crippen LogP contribution in [0.5, 0.6) is 0 Å². The number of hydrogen-bond acceptors (Lipinski definition) is 3. The summed E-state index contributed by atoms with van der Waals surface area (Å²) in [7, 11) is 0. The largest absolute Gasteiger partial charge is 0.456 e. The van der Waals surface area contributed by atoms with Crippen molar-refractivity contribution in [1.29, 1.82) is 0 Å². The Morgan fingerprint density at radius 2 is 1.53 bits per heavy atom. The SMILES string of the molecule is C[C@H](OC(=O)c1ccccc1)[C@@H](O)c1ccccc1. The van der Waals surface area contributed by atoms with Gasteiger partial charge in [-0.25, -0.2) is 4.79 Å². The van der Waals surface area contributed by atoms with Crippen LogP contribution in [0.3, 0.4) is 0 Å². The smallest absolute Gasteiger partial charge is 0.338 e. The van der Waals surface area contributed by atoms with Gasteiger partial charge in [0.05, 0.1) is 5.56 Å². The molecule has 1 N–H and O–H groups in total. The Hall–Kier alpha value is -2.13. The molecule has 0 aliphatic carbocycles. The van der Waals surface area contributed by atoms with Crippen molar-refractivity contribution in [1.82, 2.24) is 0 Å². The number of esters is 1. The van der Waals surface area contributed by atoms with Crippen LogP contribution in [0.1, 0.15) is 28.9 Å². The van der Waals surface area contributed by atoms with E-state index in [0.29, 0.717) is 5.56 Å². The van der Waals surface area contributed by atoms with Crippen LogP contribution in [-0.4, -0.2) is 17.2 Å². The van der Waals surface area contributed by atoms with E-state index in [0.717, 1.165) is 5.56 Å². The van der Waals surface area contributed by atoms with Crippen LogP contribution in [0.2, 0.25) is 0 Å². The lowest BCUT2D eigenvalue weighted by Crippen LogP contribution is -2.22. The third-order valence-electron chi connectivity index (χ3n) is 2.89. The molecule has 0 radical (unpaired) electrons. The minimum Gasteiger partial charge on any atom is -0.456 e. The first-order valence-electron chi connectivity index (χ1n) is 6.17. The van der Waals surface area contributed by atoms with E-state index in [9.17, 15) is 9.90 Å². The highest BCUT2D eigenvalue weighted by molar-refractivity contribution is 5.89. The van der Waals surface area contributed by atoms with Crippen molar-refractivity contribution in [3.8, 4) is 0 Å². The Bertz CT molecular complexity index is 522. The fourth-order valence-electron chi connectivity index (χ4n) is 1.80. The van der Waals surface area contributed by atoms with Gasteiger partial charge in [0, 0.05) is 0 Å². The quantitative estimate of drug-likeness (QED) is 0.855. The second kappa shape index (κ2) is 6.16. The zero-order valence-corrected chi connectivity index (χ0v) is 10.7. The first-order chi connectivity index (χ1) is 9.18. The Balaban J connectivity index is 2.02. The molecule has 0 bridgehead atoms. The number of aliphatic hydroxyl groups is 1. The van der Waals surface area contributed by atoms with Gasteiger partial charge in [0.15, 0.2) is 0 Å². The van der Waals surface area contributed by atoms with Crippen molar-refractivity contribution in [2.75, 3.05) is 0 Å². The van der Waals surface area contributed by atoms with Crippen LogP contribution in [0, 0.1) is 0 Å². The lowest BCUT2D eigenvalue weighted by molar-refractivity contribution is -0.0116. The highest BCUT2D eigenvalue weighted by Gasteiger charge is 2.20. The molecule has 2 atom stereocenters. The molecule has 2 aromatic rings. The molecule has 0 amide bonds. The molecular weight excluding hydrogens is 240 g/mol. The van der Waals surface area contributed by atoms with E-state index in [1.54, 1.807) is 43.3 Å². The van der Waals surface area contributed by atoms with Gasteiger partial charge in [-0.05, 0) is 24.6 Å². The van der Waals surface area contributed by atoms with Crippen molar-refractivity contribution in [2.24, 2.45) is 0 Å². The number of carbonyl (C=O) groups is 1. The molecule has 0 fully saturated rings. The minimum atomic E-state index is -0.825. The topological polar surface area (TPSA) is 46.5 Å². The summed E-state index contributed by atoms with van der Waals surface area (Å²) in [4.78, 5) is 11.9. The zero-order chi connectivity index (χ0) is 13.7. The number of benzene rings is 2. The van der Waals surface area contributed by atoms with Gasteiger partial charge in [-0.3, -0.25) is 0 Å². The van der Waals surface area contributed by atoms with Crippen LogP contribution in [0.4, 0.5) is 0 Å².